The highest BCUT2D eigenvalue weighted by Crippen LogP contribution is 2.45. The fraction of sp³-hybridized carbons (Fsp3) is 0.500. The second-order valence-corrected chi connectivity index (χ2v) is 11.0. The molecule has 172 valence electrons. The van der Waals surface area contributed by atoms with Crippen molar-refractivity contribution in [1.82, 2.24) is 10.6 Å². The predicted molar refractivity (Wildman–Crippen MR) is 131 cm³/mol. The standard InChI is InChI=1S/C28H38N2O2/c1-18-8-10-22(12-20(18)3)25(31)29-17-28(7)15-24(14-27(5,6)16-28)30-26(32)23-11-9-19(2)21(4)13-23/h8-13,24H,14-17H2,1-7H3,(H,29,31)(H,30,32)/t24-,28-/m0/s1. The Hall–Kier alpha value is -2.62. The van der Waals surface area contributed by atoms with Gasteiger partial charge in [0, 0.05) is 23.7 Å². The minimum atomic E-state index is -0.0850. The fourth-order valence-corrected chi connectivity index (χ4v) is 5.30. The van der Waals surface area contributed by atoms with Gasteiger partial charge in [-0.3, -0.25) is 9.59 Å². The maximum atomic E-state index is 12.9. The Kier molecular flexibility index (Phi) is 6.83. The van der Waals surface area contributed by atoms with Crippen LogP contribution in [0.5, 0.6) is 0 Å². The molecule has 4 nitrogen and oxygen atoms in total. The molecule has 32 heavy (non-hydrogen) atoms. The number of carbonyl (C=O) groups is 2. The van der Waals surface area contributed by atoms with Gasteiger partial charge < -0.3 is 10.6 Å². The number of nitrogens with one attached hydrogen (secondary N) is 2. The molecule has 2 amide bonds. The summed E-state index contributed by atoms with van der Waals surface area (Å²) in [5.41, 5.74) is 6.03. The third kappa shape index (κ3) is 5.79. The molecule has 0 saturated heterocycles. The van der Waals surface area contributed by atoms with E-state index in [1.165, 1.54) is 11.1 Å². The molecule has 0 radical (unpaired) electrons. The summed E-state index contributed by atoms with van der Waals surface area (Å²) < 4.78 is 0. The topological polar surface area (TPSA) is 58.2 Å². The Morgan fingerprint density at radius 2 is 1.34 bits per heavy atom. The van der Waals surface area contributed by atoms with E-state index in [0.29, 0.717) is 17.7 Å². The molecular weight excluding hydrogens is 396 g/mol. The quantitative estimate of drug-likeness (QED) is 0.637. The summed E-state index contributed by atoms with van der Waals surface area (Å²) in [4.78, 5) is 25.7. The molecule has 1 aliphatic carbocycles. The molecule has 1 fully saturated rings. The lowest BCUT2D eigenvalue weighted by Gasteiger charge is -2.47. The molecule has 4 heteroatoms. The van der Waals surface area contributed by atoms with E-state index in [4.69, 9.17) is 0 Å². The predicted octanol–water partition coefficient (Wildman–Crippen LogP) is 5.67. The zero-order valence-corrected chi connectivity index (χ0v) is 20.7. The number of benzene rings is 2. The Morgan fingerprint density at radius 1 is 0.812 bits per heavy atom. The highest BCUT2D eigenvalue weighted by molar-refractivity contribution is 5.95. The largest absolute Gasteiger partial charge is 0.351 e. The van der Waals surface area contributed by atoms with Crippen LogP contribution in [-0.2, 0) is 0 Å². The van der Waals surface area contributed by atoms with Gasteiger partial charge >= 0.3 is 0 Å². The van der Waals surface area contributed by atoms with Crippen LogP contribution in [0.1, 0.15) is 83.0 Å². The summed E-state index contributed by atoms with van der Waals surface area (Å²) in [7, 11) is 0. The van der Waals surface area contributed by atoms with Gasteiger partial charge in [-0.2, -0.15) is 0 Å². The van der Waals surface area contributed by atoms with Gasteiger partial charge in [0.15, 0.2) is 0 Å². The van der Waals surface area contributed by atoms with Crippen LogP contribution in [0.25, 0.3) is 0 Å². The molecule has 1 aliphatic rings. The van der Waals surface area contributed by atoms with E-state index < -0.39 is 0 Å². The molecule has 2 atom stereocenters. The first kappa shape index (κ1) is 24.0. The SMILES string of the molecule is Cc1ccc(C(=O)NC[C@@]2(C)C[C@@H](NC(=O)c3ccc(C)c(C)c3)CC(C)(C)C2)cc1C. The highest BCUT2D eigenvalue weighted by Gasteiger charge is 2.42. The third-order valence-corrected chi connectivity index (χ3v) is 6.99. The second kappa shape index (κ2) is 9.09. The molecule has 0 heterocycles. The number of hydrogen-bond donors (Lipinski definition) is 2. The maximum Gasteiger partial charge on any atom is 0.251 e. The zero-order valence-electron chi connectivity index (χ0n) is 20.7. The molecule has 0 aromatic heterocycles. The van der Waals surface area contributed by atoms with E-state index in [2.05, 4.69) is 45.3 Å². The Bertz CT molecular complexity index is 1020. The minimum absolute atomic E-state index is 0.0164. The van der Waals surface area contributed by atoms with Gasteiger partial charge in [0.1, 0.15) is 0 Å². The van der Waals surface area contributed by atoms with Crippen molar-refractivity contribution >= 4 is 11.8 Å². The molecule has 0 aliphatic heterocycles. The molecule has 0 unspecified atom stereocenters. The Balaban J connectivity index is 1.68. The molecule has 2 N–H and O–H groups in total. The lowest BCUT2D eigenvalue weighted by atomic mass is 9.62. The van der Waals surface area contributed by atoms with Crippen molar-refractivity contribution in [1.29, 1.82) is 0 Å². The smallest absolute Gasteiger partial charge is 0.251 e. The first-order chi connectivity index (χ1) is 14.9. The molecule has 0 bridgehead atoms. The van der Waals surface area contributed by atoms with Crippen molar-refractivity contribution in [3.8, 4) is 0 Å². The van der Waals surface area contributed by atoms with E-state index in [0.717, 1.165) is 30.4 Å². The van der Waals surface area contributed by atoms with E-state index in [9.17, 15) is 9.59 Å². The zero-order chi connectivity index (χ0) is 23.7. The Morgan fingerprint density at radius 3 is 1.88 bits per heavy atom. The number of rotatable bonds is 5. The van der Waals surface area contributed by atoms with Crippen LogP contribution in [0.15, 0.2) is 36.4 Å². The summed E-state index contributed by atoms with van der Waals surface area (Å²) in [6.07, 6.45) is 2.79. The van der Waals surface area contributed by atoms with Crippen LogP contribution in [0, 0.1) is 38.5 Å². The van der Waals surface area contributed by atoms with Crippen LogP contribution in [0.2, 0.25) is 0 Å². The highest BCUT2D eigenvalue weighted by atomic mass is 16.2. The van der Waals surface area contributed by atoms with E-state index in [1.807, 2.05) is 50.2 Å². The van der Waals surface area contributed by atoms with Gasteiger partial charge in [0.2, 0.25) is 0 Å². The average molecular weight is 435 g/mol. The first-order valence-corrected chi connectivity index (χ1v) is 11.6. The number of hydrogen-bond acceptors (Lipinski definition) is 2. The van der Waals surface area contributed by atoms with Gasteiger partial charge in [-0.05, 0) is 104 Å². The molecule has 1 saturated carbocycles. The third-order valence-electron chi connectivity index (χ3n) is 6.99. The summed E-state index contributed by atoms with van der Waals surface area (Å²) in [6, 6.07) is 11.8. The van der Waals surface area contributed by atoms with Gasteiger partial charge in [-0.1, -0.05) is 32.9 Å². The van der Waals surface area contributed by atoms with Crippen molar-refractivity contribution in [3.63, 3.8) is 0 Å². The van der Waals surface area contributed by atoms with E-state index in [1.54, 1.807) is 0 Å². The Labute approximate surface area is 193 Å². The van der Waals surface area contributed by atoms with Crippen LogP contribution < -0.4 is 10.6 Å². The molecule has 3 rings (SSSR count). The van der Waals surface area contributed by atoms with Crippen LogP contribution in [0.4, 0.5) is 0 Å². The van der Waals surface area contributed by atoms with Gasteiger partial charge in [0.05, 0.1) is 0 Å². The minimum Gasteiger partial charge on any atom is -0.351 e. The molecule has 2 aromatic carbocycles. The van der Waals surface area contributed by atoms with Crippen LogP contribution in [0.3, 0.4) is 0 Å². The number of aryl methyl sites for hydroxylation is 4. The van der Waals surface area contributed by atoms with Gasteiger partial charge in [-0.15, -0.1) is 0 Å². The lowest BCUT2D eigenvalue weighted by Crippen LogP contribution is -2.50. The second-order valence-electron chi connectivity index (χ2n) is 11.0. The molecule has 0 spiro atoms. The summed E-state index contributed by atoms with van der Waals surface area (Å²) in [5.74, 6) is -0.0502. The van der Waals surface area contributed by atoms with E-state index >= 15 is 0 Å². The number of amides is 2. The summed E-state index contributed by atoms with van der Waals surface area (Å²) in [6.45, 7) is 15.5. The van der Waals surface area contributed by atoms with Crippen molar-refractivity contribution in [2.24, 2.45) is 10.8 Å². The van der Waals surface area contributed by atoms with Gasteiger partial charge in [0.25, 0.3) is 11.8 Å². The van der Waals surface area contributed by atoms with Crippen molar-refractivity contribution in [2.45, 2.75) is 73.8 Å². The van der Waals surface area contributed by atoms with E-state index in [-0.39, 0.29) is 28.7 Å². The lowest BCUT2D eigenvalue weighted by molar-refractivity contribution is 0.0592. The van der Waals surface area contributed by atoms with Crippen molar-refractivity contribution in [3.05, 3.63) is 69.8 Å². The number of carbonyl (C=O) groups excluding carboxylic acids is 2. The molecular formula is C28H38N2O2. The first-order valence-electron chi connectivity index (χ1n) is 11.6. The maximum absolute atomic E-state index is 12.9. The van der Waals surface area contributed by atoms with Crippen LogP contribution in [-0.4, -0.2) is 24.4 Å². The van der Waals surface area contributed by atoms with Gasteiger partial charge in [-0.25, -0.2) is 0 Å². The fourth-order valence-electron chi connectivity index (χ4n) is 5.30. The summed E-state index contributed by atoms with van der Waals surface area (Å²) >= 11 is 0. The van der Waals surface area contributed by atoms with Crippen molar-refractivity contribution in [2.75, 3.05) is 6.54 Å². The molecule has 2 aromatic rings. The van der Waals surface area contributed by atoms with Crippen molar-refractivity contribution < 1.29 is 9.59 Å². The summed E-state index contributed by atoms with van der Waals surface area (Å²) in [5, 5.41) is 6.44. The average Bonchev–Trinajstić information content (AvgIpc) is 2.68. The monoisotopic (exact) mass is 434 g/mol. The normalized spacial score (nSPS) is 22.3. The van der Waals surface area contributed by atoms with Crippen LogP contribution >= 0.6 is 0 Å².